The number of nitrogens with one attached hydrogen (secondary N) is 1. The van der Waals surface area contributed by atoms with Crippen LogP contribution in [-0.4, -0.2) is 19.7 Å². The highest BCUT2D eigenvalue weighted by atomic mass is 16.5. The lowest BCUT2D eigenvalue weighted by atomic mass is 10.0. The van der Waals surface area contributed by atoms with Crippen molar-refractivity contribution in [1.29, 1.82) is 5.26 Å². The molecule has 3 nitrogen and oxygen atoms in total. The minimum atomic E-state index is 0.587. The molecule has 1 aliphatic rings. The van der Waals surface area contributed by atoms with Gasteiger partial charge in [-0.1, -0.05) is 30.3 Å². The molecule has 0 radical (unpaired) electrons. The van der Waals surface area contributed by atoms with Gasteiger partial charge in [-0.2, -0.15) is 5.26 Å². The number of nitrogens with zero attached hydrogens (tertiary/aromatic N) is 1. The molecule has 0 spiro atoms. The smallest absolute Gasteiger partial charge is 0.127 e. The molecule has 2 aromatic rings. The van der Waals surface area contributed by atoms with Gasteiger partial charge in [0.2, 0.25) is 0 Å². The van der Waals surface area contributed by atoms with Gasteiger partial charge in [-0.15, -0.1) is 0 Å². The molecule has 2 aromatic carbocycles. The highest BCUT2D eigenvalue weighted by Crippen LogP contribution is 2.30. The van der Waals surface area contributed by atoms with Gasteiger partial charge in [0.25, 0.3) is 0 Å². The van der Waals surface area contributed by atoms with E-state index in [2.05, 4.69) is 11.4 Å². The standard InChI is InChI=1S/C18H18N2O/c19-11-14-4-3-5-16(10-14)17-6-1-2-7-18(17)21-13-15-8-9-20-12-15/h1-7,10,15,20H,8-9,12-13H2/t15-/m0/s1. The highest BCUT2D eigenvalue weighted by molar-refractivity contribution is 5.71. The number of para-hydroxylation sites is 1. The monoisotopic (exact) mass is 278 g/mol. The van der Waals surface area contributed by atoms with Gasteiger partial charge in [-0.3, -0.25) is 0 Å². The second-order valence-electron chi connectivity index (χ2n) is 5.36. The Kier molecular flexibility index (Phi) is 4.18. The molecule has 0 amide bonds. The summed E-state index contributed by atoms with van der Waals surface area (Å²) in [4.78, 5) is 0. The summed E-state index contributed by atoms with van der Waals surface area (Å²) in [5, 5.41) is 12.4. The van der Waals surface area contributed by atoms with E-state index in [-0.39, 0.29) is 0 Å². The Morgan fingerprint density at radius 1 is 1.19 bits per heavy atom. The Morgan fingerprint density at radius 2 is 2.10 bits per heavy atom. The zero-order valence-electron chi connectivity index (χ0n) is 11.9. The molecule has 1 atom stereocenters. The van der Waals surface area contributed by atoms with Crippen molar-refractivity contribution in [3.05, 3.63) is 54.1 Å². The van der Waals surface area contributed by atoms with E-state index in [0.717, 1.165) is 36.6 Å². The van der Waals surface area contributed by atoms with E-state index >= 15 is 0 Å². The molecule has 1 aliphatic heterocycles. The number of hydrogen-bond acceptors (Lipinski definition) is 3. The first-order valence-corrected chi connectivity index (χ1v) is 7.30. The minimum absolute atomic E-state index is 0.587. The van der Waals surface area contributed by atoms with Crippen LogP contribution in [0.3, 0.4) is 0 Å². The summed E-state index contributed by atoms with van der Waals surface area (Å²) in [6.45, 7) is 2.86. The van der Waals surface area contributed by atoms with Crippen LogP contribution in [0.2, 0.25) is 0 Å². The summed E-state index contributed by atoms with van der Waals surface area (Å²) in [6, 6.07) is 17.8. The van der Waals surface area contributed by atoms with E-state index in [9.17, 15) is 0 Å². The summed E-state index contributed by atoms with van der Waals surface area (Å²) in [6.07, 6.45) is 1.17. The van der Waals surface area contributed by atoms with Crippen molar-refractivity contribution in [1.82, 2.24) is 5.32 Å². The van der Waals surface area contributed by atoms with Crippen LogP contribution in [0.4, 0.5) is 0 Å². The molecule has 1 N–H and O–H groups in total. The van der Waals surface area contributed by atoms with Crippen LogP contribution in [0.25, 0.3) is 11.1 Å². The van der Waals surface area contributed by atoms with Crippen LogP contribution >= 0.6 is 0 Å². The normalized spacial score (nSPS) is 17.4. The molecule has 3 heteroatoms. The van der Waals surface area contributed by atoms with Crippen LogP contribution < -0.4 is 10.1 Å². The zero-order valence-corrected chi connectivity index (χ0v) is 11.9. The zero-order chi connectivity index (χ0) is 14.5. The first kappa shape index (κ1) is 13.7. The Labute approximate surface area is 125 Å². The number of nitriles is 1. The molecule has 3 rings (SSSR count). The fraction of sp³-hybridized carbons (Fsp3) is 0.278. The van der Waals surface area contributed by atoms with Crippen molar-refractivity contribution >= 4 is 0 Å². The Hall–Kier alpha value is -2.31. The number of rotatable bonds is 4. The lowest BCUT2D eigenvalue weighted by molar-refractivity contribution is 0.261. The molecule has 0 bridgehead atoms. The first-order chi connectivity index (χ1) is 10.4. The van der Waals surface area contributed by atoms with E-state index in [1.807, 2.05) is 48.5 Å². The maximum atomic E-state index is 9.04. The number of benzene rings is 2. The molecule has 1 heterocycles. The average molecular weight is 278 g/mol. The van der Waals surface area contributed by atoms with Gasteiger partial charge < -0.3 is 10.1 Å². The highest BCUT2D eigenvalue weighted by Gasteiger charge is 2.16. The maximum Gasteiger partial charge on any atom is 0.127 e. The van der Waals surface area contributed by atoms with Gasteiger partial charge in [0.1, 0.15) is 5.75 Å². The molecular formula is C18H18N2O. The van der Waals surface area contributed by atoms with Crippen molar-refractivity contribution in [3.8, 4) is 22.9 Å². The van der Waals surface area contributed by atoms with E-state index in [4.69, 9.17) is 10.00 Å². The van der Waals surface area contributed by atoms with Gasteiger partial charge >= 0.3 is 0 Å². The van der Waals surface area contributed by atoms with Crippen LogP contribution in [0.15, 0.2) is 48.5 Å². The molecule has 106 valence electrons. The maximum absolute atomic E-state index is 9.04. The van der Waals surface area contributed by atoms with Gasteiger partial charge in [0.15, 0.2) is 0 Å². The third-order valence-corrected chi connectivity index (χ3v) is 3.83. The SMILES string of the molecule is N#Cc1cccc(-c2ccccc2OC[C@H]2CCNC2)c1. The predicted molar refractivity (Wildman–Crippen MR) is 83.1 cm³/mol. The van der Waals surface area contributed by atoms with E-state index < -0.39 is 0 Å². The van der Waals surface area contributed by atoms with Crippen molar-refractivity contribution in [3.63, 3.8) is 0 Å². The Balaban J connectivity index is 1.83. The molecule has 21 heavy (non-hydrogen) atoms. The molecule has 0 aliphatic carbocycles. The van der Waals surface area contributed by atoms with E-state index in [1.165, 1.54) is 6.42 Å². The topological polar surface area (TPSA) is 45.0 Å². The van der Waals surface area contributed by atoms with Gasteiger partial charge in [0, 0.05) is 18.0 Å². The predicted octanol–water partition coefficient (Wildman–Crippen LogP) is 3.21. The van der Waals surface area contributed by atoms with Crippen molar-refractivity contribution in [2.24, 2.45) is 5.92 Å². The molecule has 1 fully saturated rings. The molecule has 1 saturated heterocycles. The van der Waals surface area contributed by atoms with Crippen LogP contribution in [-0.2, 0) is 0 Å². The van der Waals surface area contributed by atoms with Crippen molar-refractivity contribution in [2.75, 3.05) is 19.7 Å². The average Bonchev–Trinajstić information content (AvgIpc) is 3.07. The Bertz CT molecular complexity index is 654. The first-order valence-electron chi connectivity index (χ1n) is 7.30. The summed E-state index contributed by atoms with van der Waals surface area (Å²) in [5.74, 6) is 1.47. The van der Waals surface area contributed by atoms with Crippen molar-refractivity contribution in [2.45, 2.75) is 6.42 Å². The lowest BCUT2D eigenvalue weighted by Gasteiger charge is -2.14. The third-order valence-electron chi connectivity index (χ3n) is 3.83. The summed E-state index contributed by atoms with van der Waals surface area (Å²) in [7, 11) is 0. The number of ether oxygens (including phenoxy) is 1. The molecule has 0 aromatic heterocycles. The minimum Gasteiger partial charge on any atom is -0.493 e. The van der Waals surface area contributed by atoms with Crippen LogP contribution in [0.5, 0.6) is 5.75 Å². The second-order valence-corrected chi connectivity index (χ2v) is 5.36. The van der Waals surface area contributed by atoms with Gasteiger partial charge in [-0.25, -0.2) is 0 Å². The largest absolute Gasteiger partial charge is 0.493 e. The molecular weight excluding hydrogens is 260 g/mol. The van der Waals surface area contributed by atoms with Gasteiger partial charge in [0.05, 0.1) is 18.2 Å². The summed E-state index contributed by atoms with van der Waals surface area (Å²) in [5.41, 5.74) is 2.73. The van der Waals surface area contributed by atoms with E-state index in [0.29, 0.717) is 11.5 Å². The third kappa shape index (κ3) is 3.24. The lowest BCUT2D eigenvalue weighted by Crippen LogP contribution is -2.15. The summed E-state index contributed by atoms with van der Waals surface area (Å²) < 4.78 is 6.03. The fourth-order valence-corrected chi connectivity index (χ4v) is 2.65. The van der Waals surface area contributed by atoms with Gasteiger partial charge in [-0.05, 0) is 36.7 Å². The second kappa shape index (κ2) is 6.43. The van der Waals surface area contributed by atoms with Crippen molar-refractivity contribution < 1.29 is 4.74 Å². The summed E-state index contributed by atoms with van der Waals surface area (Å²) >= 11 is 0. The Morgan fingerprint density at radius 3 is 2.90 bits per heavy atom. The number of hydrogen-bond donors (Lipinski definition) is 1. The van der Waals surface area contributed by atoms with Crippen LogP contribution in [0, 0.1) is 17.2 Å². The fourth-order valence-electron chi connectivity index (χ4n) is 2.65. The van der Waals surface area contributed by atoms with E-state index in [1.54, 1.807) is 0 Å². The molecule has 0 saturated carbocycles. The molecule has 0 unspecified atom stereocenters. The van der Waals surface area contributed by atoms with Crippen LogP contribution in [0.1, 0.15) is 12.0 Å². The quantitative estimate of drug-likeness (QED) is 0.934.